The Kier molecular flexibility index (Phi) is 3.61. The quantitative estimate of drug-likeness (QED) is 0.850. The first-order chi connectivity index (χ1) is 8.02. The molecule has 0 radical (unpaired) electrons. The average Bonchev–Trinajstić information content (AvgIpc) is 2.29. The molecule has 0 atom stereocenters. The van der Waals surface area contributed by atoms with Crippen molar-refractivity contribution in [2.24, 2.45) is 5.73 Å². The second-order valence-corrected chi connectivity index (χ2v) is 5.38. The number of anilines is 1. The summed E-state index contributed by atoms with van der Waals surface area (Å²) in [5.74, 6) is 0. The van der Waals surface area contributed by atoms with E-state index in [4.69, 9.17) is 17.3 Å². The summed E-state index contributed by atoms with van der Waals surface area (Å²) in [6.07, 6.45) is 1.56. The molecule has 4 heteroatoms. The van der Waals surface area contributed by atoms with Crippen LogP contribution in [0.2, 0.25) is 5.02 Å². The van der Waals surface area contributed by atoms with Crippen molar-refractivity contribution < 1.29 is 5.11 Å². The molecular weight excluding hydrogens is 236 g/mol. The molecule has 3 nitrogen and oxygen atoms in total. The summed E-state index contributed by atoms with van der Waals surface area (Å²) in [5, 5.41) is 10.7. The van der Waals surface area contributed by atoms with E-state index in [1.54, 1.807) is 0 Å². The van der Waals surface area contributed by atoms with E-state index in [1.165, 1.54) is 0 Å². The number of nitrogens with two attached hydrogens (primary N) is 1. The van der Waals surface area contributed by atoms with Gasteiger partial charge in [-0.25, -0.2) is 0 Å². The lowest BCUT2D eigenvalue weighted by molar-refractivity contribution is 0.0351. The van der Waals surface area contributed by atoms with Crippen LogP contribution in [0.25, 0.3) is 0 Å². The van der Waals surface area contributed by atoms with E-state index < -0.39 is 5.60 Å². The molecule has 1 aromatic rings. The third-order valence-electron chi connectivity index (χ3n) is 3.43. The van der Waals surface area contributed by atoms with Crippen molar-refractivity contribution in [3.63, 3.8) is 0 Å². The summed E-state index contributed by atoms with van der Waals surface area (Å²) in [6.45, 7) is 4.08. The van der Waals surface area contributed by atoms with E-state index in [-0.39, 0.29) is 0 Å². The Morgan fingerprint density at radius 1 is 1.41 bits per heavy atom. The van der Waals surface area contributed by atoms with Crippen LogP contribution in [0.5, 0.6) is 0 Å². The third kappa shape index (κ3) is 2.92. The first-order valence-corrected chi connectivity index (χ1v) is 6.35. The smallest absolute Gasteiger partial charge is 0.0653 e. The second kappa shape index (κ2) is 4.84. The Labute approximate surface area is 107 Å². The normalized spacial score (nSPS) is 19.4. The van der Waals surface area contributed by atoms with Crippen molar-refractivity contribution >= 4 is 17.3 Å². The molecule has 1 aliphatic heterocycles. The van der Waals surface area contributed by atoms with Gasteiger partial charge in [-0.3, -0.25) is 0 Å². The van der Waals surface area contributed by atoms with Gasteiger partial charge in [-0.2, -0.15) is 0 Å². The Balaban J connectivity index is 2.13. The summed E-state index contributed by atoms with van der Waals surface area (Å²) < 4.78 is 0. The van der Waals surface area contributed by atoms with Gasteiger partial charge in [0.15, 0.2) is 0 Å². The van der Waals surface area contributed by atoms with Crippen molar-refractivity contribution in [1.29, 1.82) is 0 Å². The first-order valence-electron chi connectivity index (χ1n) is 5.98. The highest BCUT2D eigenvalue weighted by molar-refractivity contribution is 6.33. The maximum absolute atomic E-state index is 9.91. The van der Waals surface area contributed by atoms with Crippen LogP contribution in [0.3, 0.4) is 0 Å². The fourth-order valence-corrected chi connectivity index (χ4v) is 2.49. The van der Waals surface area contributed by atoms with Gasteiger partial charge in [0.25, 0.3) is 0 Å². The second-order valence-electron chi connectivity index (χ2n) is 4.97. The minimum absolute atomic E-state index is 0.509. The zero-order chi connectivity index (χ0) is 12.5. The topological polar surface area (TPSA) is 49.5 Å². The largest absolute Gasteiger partial charge is 0.390 e. The molecule has 1 heterocycles. The van der Waals surface area contributed by atoms with Gasteiger partial charge in [0.1, 0.15) is 0 Å². The maximum Gasteiger partial charge on any atom is 0.0653 e. The lowest BCUT2D eigenvalue weighted by atomic mass is 9.93. The number of hydrogen-bond acceptors (Lipinski definition) is 3. The average molecular weight is 255 g/mol. The van der Waals surface area contributed by atoms with E-state index in [1.807, 2.05) is 25.1 Å². The number of piperidine rings is 1. The minimum atomic E-state index is -0.528. The van der Waals surface area contributed by atoms with Gasteiger partial charge in [-0.05, 0) is 37.5 Å². The molecule has 0 unspecified atom stereocenters. The fraction of sp³-hybridized carbons (Fsp3) is 0.538. The summed E-state index contributed by atoms with van der Waals surface area (Å²) in [7, 11) is 0. The number of rotatable bonds is 2. The lowest BCUT2D eigenvalue weighted by Crippen LogP contribution is -2.42. The van der Waals surface area contributed by atoms with Crippen LogP contribution in [-0.2, 0) is 6.54 Å². The molecule has 1 aromatic carbocycles. The lowest BCUT2D eigenvalue weighted by Gasteiger charge is -2.37. The number of nitrogens with zero attached hydrogens (tertiary/aromatic N) is 1. The predicted octanol–water partition coefficient (Wildman–Crippen LogP) is 2.15. The molecule has 3 N–H and O–H groups in total. The molecule has 0 aromatic heterocycles. The van der Waals surface area contributed by atoms with Crippen LogP contribution in [0.1, 0.15) is 25.3 Å². The zero-order valence-electron chi connectivity index (χ0n) is 10.1. The van der Waals surface area contributed by atoms with E-state index in [0.29, 0.717) is 6.54 Å². The number of halogens is 1. The third-order valence-corrected chi connectivity index (χ3v) is 3.73. The molecular formula is C13H19ClN2O. The van der Waals surface area contributed by atoms with E-state index in [2.05, 4.69) is 4.90 Å². The van der Waals surface area contributed by atoms with Crippen LogP contribution in [0, 0.1) is 0 Å². The van der Waals surface area contributed by atoms with Gasteiger partial charge in [0, 0.05) is 19.6 Å². The summed E-state index contributed by atoms with van der Waals surface area (Å²) in [6, 6.07) is 5.95. The molecule has 1 saturated heterocycles. The maximum atomic E-state index is 9.91. The minimum Gasteiger partial charge on any atom is -0.390 e. The van der Waals surface area contributed by atoms with Gasteiger partial charge in [-0.15, -0.1) is 0 Å². The number of benzene rings is 1. The molecule has 1 fully saturated rings. The molecule has 1 aliphatic rings. The molecule has 2 rings (SSSR count). The summed E-state index contributed by atoms with van der Waals surface area (Å²) in [4.78, 5) is 2.22. The van der Waals surface area contributed by atoms with E-state index in [0.717, 1.165) is 42.2 Å². The number of hydrogen-bond donors (Lipinski definition) is 2. The van der Waals surface area contributed by atoms with Crippen molar-refractivity contribution in [2.45, 2.75) is 31.9 Å². The number of aliphatic hydroxyl groups is 1. The van der Waals surface area contributed by atoms with Crippen molar-refractivity contribution in [3.05, 3.63) is 28.8 Å². The fourth-order valence-electron chi connectivity index (χ4n) is 2.16. The molecule has 94 valence electrons. The van der Waals surface area contributed by atoms with Crippen molar-refractivity contribution in [2.75, 3.05) is 18.0 Å². The standard InChI is InChI=1S/C13H19ClN2O/c1-13(17)4-6-16(7-5-13)12-3-2-10(9-15)8-11(12)14/h2-3,8,17H,4-7,9,15H2,1H3. The highest BCUT2D eigenvalue weighted by atomic mass is 35.5. The SMILES string of the molecule is CC1(O)CCN(c2ccc(CN)cc2Cl)CC1. The summed E-state index contributed by atoms with van der Waals surface area (Å²) in [5.41, 5.74) is 7.14. The van der Waals surface area contributed by atoms with Gasteiger partial charge in [0.2, 0.25) is 0 Å². The Bertz CT molecular complexity index is 396. The van der Waals surface area contributed by atoms with Crippen molar-refractivity contribution in [1.82, 2.24) is 0 Å². The van der Waals surface area contributed by atoms with E-state index in [9.17, 15) is 5.11 Å². The Morgan fingerprint density at radius 3 is 2.59 bits per heavy atom. The summed E-state index contributed by atoms with van der Waals surface area (Å²) >= 11 is 6.25. The van der Waals surface area contributed by atoms with Gasteiger partial charge >= 0.3 is 0 Å². The molecule has 17 heavy (non-hydrogen) atoms. The Morgan fingerprint density at radius 2 is 2.06 bits per heavy atom. The monoisotopic (exact) mass is 254 g/mol. The zero-order valence-corrected chi connectivity index (χ0v) is 10.9. The van der Waals surface area contributed by atoms with Gasteiger partial charge < -0.3 is 15.7 Å². The molecule has 0 spiro atoms. The Hall–Kier alpha value is -0.770. The van der Waals surface area contributed by atoms with Crippen LogP contribution >= 0.6 is 11.6 Å². The molecule has 0 amide bonds. The predicted molar refractivity (Wildman–Crippen MR) is 71.4 cm³/mol. The molecule has 0 saturated carbocycles. The van der Waals surface area contributed by atoms with Gasteiger partial charge in [0.05, 0.1) is 16.3 Å². The van der Waals surface area contributed by atoms with Crippen LogP contribution in [-0.4, -0.2) is 23.8 Å². The van der Waals surface area contributed by atoms with Crippen LogP contribution in [0.15, 0.2) is 18.2 Å². The highest BCUT2D eigenvalue weighted by Gasteiger charge is 2.28. The first kappa shape index (κ1) is 12.7. The van der Waals surface area contributed by atoms with Crippen LogP contribution in [0.4, 0.5) is 5.69 Å². The van der Waals surface area contributed by atoms with E-state index >= 15 is 0 Å². The molecule has 0 bridgehead atoms. The van der Waals surface area contributed by atoms with Crippen molar-refractivity contribution in [3.8, 4) is 0 Å². The molecule has 0 aliphatic carbocycles. The van der Waals surface area contributed by atoms with Gasteiger partial charge in [-0.1, -0.05) is 17.7 Å². The highest BCUT2D eigenvalue weighted by Crippen LogP contribution is 2.31. The van der Waals surface area contributed by atoms with Crippen LogP contribution < -0.4 is 10.6 Å².